The van der Waals surface area contributed by atoms with E-state index in [1.54, 1.807) is 11.8 Å². The van der Waals surface area contributed by atoms with Gasteiger partial charge in [-0.05, 0) is 33.8 Å². The number of carbonyl (C=O) groups excluding carboxylic acids is 1. The van der Waals surface area contributed by atoms with Gasteiger partial charge in [-0.1, -0.05) is 0 Å². The Morgan fingerprint density at radius 1 is 1.17 bits per heavy atom. The normalized spacial score (nSPS) is 15.5. The van der Waals surface area contributed by atoms with Crippen molar-refractivity contribution in [2.45, 2.75) is 33.3 Å². The number of carboxylic acids is 1. The van der Waals surface area contributed by atoms with Gasteiger partial charge in [0.1, 0.15) is 11.2 Å². The van der Waals surface area contributed by atoms with Crippen LogP contribution in [-0.2, 0) is 4.74 Å². The van der Waals surface area contributed by atoms with Crippen molar-refractivity contribution in [3.8, 4) is 0 Å². The third-order valence-electron chi connectivity index (χ3n) is 3.36. The van der Waals surface area contributed by atoms with Gasteiger partial charge >= 0.3 is 12.1 Å². The summed E-state index contributed by atoms with van der Waals surface area (Å²) in [7, 11) is 0. The number of hydrogen-bond acceptors (Lipinski definition) is 6. The maximum absolute atomic E-state index is 12.0. The highest BCUT2D eigenvalue weighted by atomic mass is 16.6. The fourth-order valence-corrected chi connectivity index (χ4v) is 2.30. The Morgan fingerprint density at radius 3 is 2.30 bits per heavy atom. The van der Waals surface area contributed by atoms with Gasteiger partial charge in [-0.2, -0.15) is 5.10 Å². The predicted octanol–water partition coefficient (Wildman–Crippen LogP) is 1.54. The molecular weight excluding hydrogens is 300 g/mol. The zero-order chi connectivity index (χ0) is 17.2. The molecule has 0 radical (unpaired) electrons. The Bertz CT molecular complexity index is 604. The largest absolute Gasteiger partial charge is 0.478 e. The van der Waals surface area contributed by atoms with Crippen LogP contribution in [-0.4, -0.2) is 64.0 Å². The number of carbonyl (C=O) groups is 2. The molecule has 1 aliphatic heterocycles. The van der Waals surface area contributed by atoms with Crippen LogP contribution < -0.4 is 4.90 Å². The summed E-state index contributed by atoms with van der Waals surface area (Å²) >= 11 is 0. The molecule has 0 bridgehead atoms. The van der Waals surface area contributed by atoms with Crippen molar-refractivity contribution in [2.24, 2.45) is 0 Å². The van der Waals surface area contributed by atoms with E-state index in [4.69, 9.17) is 4.74 Å². The monoisotopic (exact) mass is 322 g/mol. The van der Waals surface area contributed by atoms with Crippen LogP contribution in [0.15, 0.2) is 6.07 Å². The lowest BCUT2D eigenvalue weighted by Gasteiger charge is -2.36. The third kappa shape index (κ3) is 4.30. The number of aromatic carboxylic acids is 1. The van der Waals surface area contributed by atoms with E-state index in [1.807, 2.05) is 25.7 Å². The van der Waals surface area contributed by atoms with Gasteiger partial charge in [0, 0.05) is 26.2 Å². The molecule has 23 heavy (non-hydrogen) atoms. The highest BCUT2D eigenvalue weighted by molar-refractivity contribution is 5.93. The number of piperazine rings is 1. The summed E-state index contributed by atoms with van der Waals surface area (Å²) in [5, 5.41) is 17.3. The van der Waals surface area contributed by atoms with Gasteiger partial charge in [-0.3, -0.25) is 0 Å². The van der Waals surface area contributed by atoms with E-state index in [1.165, 1.54) is 6.07 Å². The fourth-order valence-electron chi connectivity index (χ4n) is 2.30. The lowest BCUT2D eigenvalue weighted by Crippen LogP contribution is -2.50. The first-order chi connectivity index (χ1) is 10.7. The number of anilines is 1. The number of aryl methyl sites for hydroxylation is 1. The van der Waals surface area contributed by atoms with Crippen molar-refractivity contribution in [3.63, 3.8) is 0 Å². The number of amides is 1. The number of rotatable bonds is 2. The summed E-state index contributed by atoms with van der Waals surface area (Å²) in [6.45, 7) is 9.03. The molecule has 1 fully saturated rings. The Hall–Kier alpha value is -2.38. The average Bonchev–Trinajstić information content (AvgIpc) is 2.45. The molecule has 0 saturated carbocycles. The lowest BCUT2D eigenvalue weighted by atomic mass is 10.2. The molecular formula is C15H22N4O4. The van der Waals surface area contributed by atoms with Crippen molar-refractivity contribution in [1.29, 1.82) is 0 Å². The Morgan fingerprint density at radius 2 is 1.78 bits per heavy atom. The van der Waals surface area contributed by atoms with Crippen LogP contribution in [0.4, 0.5) is 10.6 Å². The molecule has 1 aliphatic rings. The third-order valence-corrected chi connectivity index (χ3v) is 3.36. The van der Waals surface area contributed by atoms with Gasteiger partial charge in [-0.15, -0.1) is 5.10 Å². The molecule has 2 rings (SSSR count). The van der Waals surface area contributed by atoms with Gasteiger partial charge in [0.25, 0.3) is 0 Å². The molecule has 1 N–H and O–H groups in total. The minimum absolute atomic E-state index is 0.128. The molecule has 0 aliphatic carbocycles. The van der Waals surface area contributed by atoms with Crippen molar-refractivity contribution >= 4 is 17.9 Å². The van der Waals surface area contributed by atoms with Crippen LogP contribution >= 0.6 is 0 Å². The van der Waals surface area contributed by atoms with Crippen LogP contribution in [0, 0.1) is 6.92 Å². The van der Waals surface area contributed by atoms with Gasteiger partial charge in [0.15, 0.2) is 5.82 Å². The lowest BCUT2D eigenvalue weighted by molar-refractivity contribution is 0.0239. The molecule has 2 heterocycles. The first kappa shape index (κ1) is 17.0. The van der Waals surface area contributed by atoms with Crippen molar-refractivity contribution in [2.75, 3.05) is 31.1 Å². The van der Waals surface area contributed by atoms with E-state index in [-0.39, 0.29) is 11.7 Å². The van der Waals surface area contributed by atoms with E-state index < -0.39 is 11.6 Å². The van der Waals surface area contributed by atoms with Crippen molar-refractivity contribution in [3.05, 3.63) is 17.3 Å². The Labute approximate surface area is 135 Å². The van der Waals surface area contributed by atoms with E-state index in [9.17, 15) is 14.7 Å². The molecule has 0 unspecified atom stereocenters. The van der Waals surface area contributed by atoms with Crippen LogP contribution in [0.3, 0.4) is 0 Å². The highest BCUT2D eigenvalue weighted by Crippen LogP contribution is 2.20. The van der Waals surface area contributed by atoms with E-state index in [2.05, 4.69) is 10.2 Å². The molecule has 0 aromatic carbocycles. The van der Waals surface area contributed by atoms with Crippen molar-refractivity contribution < 1.29 is 19.4 Å². The number of ether oxygens (including phenoxy) is 1. The maximum atomic E-state index is 12.0. The number of aromatic nitrogens is 2. The molecule has 8 heteroatoms. The molecule has 1 saturated heterocycles. The SMILES string of the molecule is Cc1cc(C(=O)O)c(N2CCN(C(=O)OC(C)(C)C)CC2)nn1. The molecule has 1 amide bonds. The van der Waals surface area contributed by atoms with Gasteiger partial charge < -0.3 is 19.6 Å². The smallest absolute Gasteiger partial charge is 0.410 e. The number of hydrogen-bond donors (Lipinski definition) is 1. The predicted molar refractivity (Wildman–Crippen MR) is 83.7 cm³/mol. The zero-order valence-corrected chi connectivity index (χ0v) is 13.9. The van der Waals surface area contributed by atoms with Gasteiger partial charge in [0.2, 0.25) is 0 Å². The van der Waals surface area contributed by atoms with Gasteiger partial charge in [-0.25, -0.2) is 9.59 Å². The molecule has 126 valence electrons. The van der Waals surface area contributed by atoms with Gasteiger partial charge in [0.05, 0.1) is 5.69 Å². The minimum Gasteiger partial charge on any atom is -0.478 e. The zero-order valence-electron chi connectivity index (χ0n) is 13.9. The molecule has 1 aromatic rings. The second-order valence-corrected chi connectivity index (χ2v) is 6.48. The summed E-state index contributed by atoms with van der Waals surface area (Å²) in [6, 6.07) is 1.50. The molecule has 0 spiro atoms. The molecule has 8 nitrogen and oxygen atoms in total. The van der Waals surface area contributed by atoms with E-state index in [0.717, 1.165) is 0 Å². The average molecular weight is 322 g/mol. The first-order valence-corrected chi connectivity index (χ1v) is 7.48. The highest BCUT2D eigenvalue weighted by Gasteiger charge is 2.28. The second kappa shape index (κ2) is 6.39. The van der Waals surface area contributed by atoms with Crippen LogP contribution in [0.2, 0.25) is 0 Å². The van der Waals surface area contributed by atoms with Crippen molar-refractivity contribution in [1.82, 2.24) is 15.1 Å². The maximum Gasteiger partial charge on any atom is 0.410 e. The Balaban J connectivity index is 2.05. The number of nitrogens with zero attached hydrogens (tertiary/aromatic N) is 4. The van der Waals surface area contributed by atoms with Crippen LogP contribution in [0.1, 0.15) is 36.8 Å². The summed E-state index contributed by atoms with van der Waals surface area (Å²) in [6.07, 6.45) is -0.356. The Kier molecular flexibility index (Phi) is 4.72. The molecule has 1 aromatic heterocycles. The summed E-state index contributed by atoms with van der Waals surface area (Å²) in [5.74, 6) is -0.695. The minimum atomic E-state index is -1.03. The summed E-state index contributed by atoms with van der Waals surface area (Å²) in [4.78, 5) is 26.9. The van der Waals surface area contributed by atoms with Crippen LogP contribution in [0.5, 0.6) is 0 Å². The number of carboxylic acid groups (broad SMARTS) is 1. The second-order valence-electron chi connectivity index (χ2n) is 6.48. The standard InChI is InChI=1S/C15H22N4O4/c1-10-9-11(13(20)21)12(17-16-10)18-5-7-19(8-6-18)14(22)23-15(2,3)4/h9H,5-8H2,1-4H3,(H,20,21). The van der Waals surface area contributed by atoms with Crippen LogP contribution in [0.25, 0.3) is 0 Å². The van der Waals surface area contributed by atoms with E-state index in [0.29, 0.717) is 37.7 Å². The summed E-state index contributed by atoms with van der Waals surface area (Å²) < 4.78 is 5.34. The molecule has 0 atom stereocenters. The topological polar surface area (TPSA) is 95.9 Å². The van der Waals surface area contributed by atoms with E-state index >= 15 is 0 Å². The summed E-state index contributed by atoms with van der Waals surface area (Å²) in [5.41, 5.74) is 0.148. The fraction of sp³-hybridized carbons (Fsp3) is 0.600. The first-order valence-electron chi connectivity index (χ1n) is 7.48. The quantitative estimate of drug-likeness (QED) is 0.882.